The van der Waals surface area contributed by atoms with Crippen molar-refractivity contribution in [1.82, 2.24) is 15.3 Å². The van der Waals surface area contributed by atoms with Crippen molar-refractivity contribution in [2.75, 3.05) is 44.9 Å². The minimum Gasteiger partial charge on any atom is -0.496 e. The summed E-state index contributed by atoms with van der Waals surface area (Å²) in [6, 6.07) is 5.96. The minimum absolute atomic E-state index is 0.289. The van der Waals surface area contributed by atoms with Crippen LogP contribution >= 0.6 is 0 Å². The van der Waals surface area contributed by atoms with Crippen molar-refractivity contribution in [3.05, 3.63) is 35.0 Å². The van der Waals surface area contributed by atoms with Gasteiger partial charge in [-0.05, 0) is 45.0 Å². The molecule has 1 aromatic heterocycles. The van der Waals surface area contributed by atoms with Crippen LogP contribution in [0.4, 0.5) is 11.8 Å². The van der Waals surface area contributed by atoms with Crippen LogP contribution < -0.4 is 25.8 Å². The third-order valence-corrected chi connectivity index (χ3v) is 4.52. The maximum absolute atomic E-state index is 5.86. The first-order chi connectivity index (χ1) is 13.6. The van der Waals surface area contributed by atoms with Crippen molar-refractivity contribution in [3.63, 3.8) is 0 Å². The highest BCUT2D eigenvalue weighted by Crippen LogP contribution is 2.29. The number of unbranched alkanes of at least 4 members (excludes halogenated alkanes) is 1. The smallest absolute Gasteiger partial charge is 0.222 e. The van der Waals surface area contributed by atoms with Gasteiger partial charge in [-0.2, -0.15) is 4.98 Å². The maximum atomic E-state index is 5.86. The van der Waals surface area contributed by atoms with E-state index in [0.29, 0.717) is 13.0 Å². The first-order valence-electron chi connectivity index (χ1n) is 9.90. The number of hydrogen-bond donors (Lipinski definition) is 3. The number of nitrogens with one attached hydrogen (secondary N) is 2. The van der Waals surface area contributed by atoms with Gasteiger partial charge in [-0.3, -0.25) is 0 Å². The standard InChI is InChI=1S/C21H33N5O2/c1-5-6-11-24-20-18(15(2)25-21(22)26-20)13-16-8-9-17(14-19(16)27-4)28-12-7-10-23-3/h8-9,14,23H,5-7,10-13H2,1-4H3,(H3,22,24,25,26). The lowest BCUT2D eigenvalue weighted by Gasteiger charge is -2.16. The van der Waals surface area contributed by atoms with Gasteiger partial charge >= 0.3 is 0 Å². The van der Waals surface area contributed by atoms with Crippen molar-refractivity contribution >= 4 is 11.8 Å². The van der Waals surface area contributed by atoms with Gasteiger partial charge in [0.2, 0.25) is 5.95 Å². The summed E-state index contributed by atoms with van der Waals surface area (Å²) in [4.78, 5) is 8.76. The topological polar surface area (TPSA) is 94.3 Å². The Morgan fingerprint density at radius 2 is 1.96 bits per heavy atom. The van der Waals surface area contributed by atoms with E-state index in [9.17, 15) is 0 Å². The second-order valence-corrected chi connectivity index (χ2v) is 6.73. The van der Waals surface area contributed by atoms with Gasteiger partial charge in [-0.15, -0.1) is 0 Å². The third-order valence-electron chi connectivity index (χ3n) is 4.52. The first kappa shape index (κ1) is 21.8. The Balaban J connectivity index is 2.19. The zero-order valence-electron chi connectivity index (χ0n) is 17.5. The molecule has 0 saturated carbocycles. The molecule has 0 spiro atoms. The van der Waals surface area contributed by atoms with Crippen molar-refractivity contribution < 1.29 is 9.47 Å². The van der Waals surface area contributed by atoms with E-state index >= 15 is 0 Å². The first-order valence-corrected chi connectivity index (χ1v) is 9.90. The van der Waals surface area contributed by atoms with Crippen LogP contribution in [-0.4, -0.2) is 43.8 Å². The van der Waals surface area contributed by atoms with Gasteiger partial charge in [0.1, 0.15) is 17.3 Å². The van der Waals surface area contributed by atoms with E-state index in [4.69, 9.17) is 15.2 Å². The van der Waals surface area contributed by atoms with Gasteiger partial charge in [0, 0.05) is 30.3 Å². The predicted molar refractivity (Wildman–Crippen MR) is 114 cm³/mol. The van der Waals surface area contributed by atoms with Crippen molar-refractivity contribution in [1.29, 1.82) is 0 Å². The molecule has 0 aliphatic carbocycles. The Kier molecular flexibility index (Phi) is 8.81. The fraction of sp³-hybridized carbons (Fsp3) is 0.524. The Hall–Kier alpha value is -2.54. The summed E-state index contributed by atoms with van der Waals surface area (Å²) >= 11 is 0. The van der Waals surface area contributed by atoms with E-state index in [1.807, 2.05) is 32.2 Å². The second kappa shape index (κ2) is 11.3. The summed E-state index contributed by atoms with van der Waals surface area (Å²) in [5.41, 5.74) is 8.83. The molecule has 0 atom stereocenters. The SMILES string of the molecule is CCCCNc1nc(N)nc(C)c1Cc1ccc(OCCCNC)cc1OC. The number of aromatic nitrogens is 2. The normalized spacial score (nSPS) is 10.7. The highest BCUT2D eigenvalue weighted by Gasteiger charge is 2.14. The molecule has 0 amide bonds. The largest absolute Gasteiger partial charge is 0.496 e. The van der Waals surface area contributed by atoms with E-state index < -0.39 is 0 Å². The van der Waals surface area contributed by atoms with Gasteiger partial charge in [0.15, 0.2) is 0 Å². The van der Waals surface area contributed by atoms with E-state index in [1.165, 1.54) is 0 Å². The van der Waals surface area contributed by atoms with E-state index in [-0.39, 0.29) is 5.95 Å². The molecule has 0 aliphatic rings. The zero-order valence-corrected chi connectivity index (χ0v) is 17.5. The molecule has 0 saturated heterocycles. The fourth-order valence-electron chi connectivity index (χ4n) is 2.95. The van der Waals surface area contributed by atoms with Gasteiger partial charge < -0.3 is 25.8 Å². The monoisotopic (exact) mass is 387 g/mol. The molecule has 2 aromatic rings. The molecule has 7 heteroatoms. The predicted octanol–water partition coefficient (Wildman–Crippen LogP) is 3.17. The molecule has 0 fully saturated rings. The van der Waals surface area contributed by atoms with Crippen molar-refractivity contribution in [2.45, 2.75) is 39.5 Å². The molecular weight excluding hydrogens is 354 g/mol. The number of nitrogens with two attached hydrogens (primary N) is 1. The molecule has 154 valence electrons. The van der Waals surface area contributed by atoms with E-state index in [2.05, 4.69) is 27.5 Å². The number of ether oxygens (including phenoxy) is 2. The van der Waals surface area contributed by atoms with E-state index in [1.54, 1.807) is 7.11 Å². The number of nitrogens with zero attached hydrogens (tertiary/aromatic N) is 2. The molecule has 2 rings (SSSR count). The Bertz CT molecular complexity index is 752. The number of rotatable bonds is 12. The molecule has 0 unspecified atom stereocenters. The lowest BCUT2D eigenvalue weighted by molar-refractivity contribution is 0.307. The average molecular weight is 388 g/mol. The molecule has 0 aliphatic heterocycles. The molecule has 4 N–H and O–H groups in total. The summed E-state index contributed by atoms with van der Waals surface area (Å²) in [6.45, 7) is 6.58. The Morgan fingerprint density at radius 3 is 2.68 bits per heavy atom. The highest BCUT2D eigenvalue weighted by atomic mass is 16.5. The van der Waals surface area contributed by atoms with Crippen LogP contribution in [0.2, 0.25) is 0 Å². The number of hydrogen-bond acceptors (Lipinski definition) is 7. The Morgan fingerprint density at radius 1 is 1.14 bits per heavy atom. The summed E-state index contributed by atoms with van der Waals surface area (Å²) < 4.78 is 11.4. The van der Waals surface area contributed by atoms with Crippen LogP contribution in [0.15, 0.2) is 18.2 Å². The molecule has 0 radical (unpaired) electrons. The van der Waals surface area contributed by atoms with Crippen LogP contribution in [0.25, 0.3) is 0 Å². The van der Waals surface area contributed by atoms with Gasteiger partial charge in [0.25, 0.3) is 0 Å². The lowest BCUT2D eigenvalue weighted by Crippen LogP contribution is -2.12. The Labute approximate surface area is 168 Å². The molecule has 1 aromatic carbocycles. The number of nitrogen functional groups attached to an aromatic ring is 1. The summed E-state index contributed by atoms with van der Waals surface area (Å²) in [7, 11) is 3.61. The number of methoxy groups -OCH3 is 1. The van der Waals surface area contributed by atoms with Gasteiger partial charge in [0.05, 0.1) is 13.7 Å². The van der Waals surface area contributed by atoms with Crippen molar-refractivity contribution in [3.8, 4) is 11.5 Å². The van der Waals surface area contributed by atoms with Crippen LogP contribution in [0.3, 0.4) is 0 Å². The van der Waals surface area contributed by atoms with E-state index in [0.717, 1.165) is 66.5 Å². The van der Waals surface area contributed by atoms with Crippen LogP contribution in [-0.2, 0) is 6.42 Å². The van der Waals surface area contributed by atoms with Crippen LogP contribution in [0, 0.1) is 6.92 Å². The van der Waals surface area contributed by atoms with Crippen molar-refractivity contribution in [2.24, 2.45) is 0 Å². The van der Waals surface area contributed by atoms with Gasteiger partial charge in [-0.25, -0.2) is 4.98 Å². The average Bonchev–Trinajstić information content (AvgIpc) is 2.68. The molecule has 7 nitrogen and oxygen atoms in total. The quantitative estimate of drug-likeness (QED) is 0.482. The molecular formula is C21H33N5O2. The second-order valence-electron chi connectivity index (χ2n) is 6.73. The fourth-order valence-corrected chi connectivity index (χ4v) is 2.95. The summed E-state index contributed by atoms with van der Waals surface area (Å²) in [5, 5.41) is 6.52. The summed E-state index contributed by atoms with van der Waals surface area (Å²) in [5.74, 6) is 2.69. The van der Waals surface area contributed by atoms with Gasteiger partial charge in [-0.1, -0.05) is 19.4 Å². The summed E-state index contributed by atoms with van der Waals surface area (Å²) in [6.07, 6.45) is 3.80. The molecule has 0 bridgehead atoms. The lowest BCUT2D eigenvalue weighted by atomic mass is 10.0. The number of anilines is 2. The number of benzene rings is 1. The number of aryl methyl sites for hydroxylation is 1. The zero-order chi connectivity index (χ0) is 20.4. The van der Waals surface area contributed by atoms with Crippen LogP contribution in [0.1, 0.15) is 43.0 Å². The minimum atomic E-state index is 0.289. The highest BCUT2D eigenvalue weighted by molar-refractivity contribution is 5.53. The molecule has 28 heavy (non-hydrogen) atoms. The third kappa shape index (κ3) is 6.27. The maximum Gasteiger partial charge on any atom is 0.222 e. The molecule has 1 heterocycles. The van der Waals surface area contributed by atoms with Crippen LogP contribution in [0.5, 0.6) is 11.5 Å².